The molecule has 1 aromatic heterocycles. The first-order valence-electron chi connectivity index (χ1n) is 7.04. The van der Waals surface area contributed by atoms with E-state index in [2.05, 4.69) is 26.2 Å². The summed E-state index contributed by atoms with van der Waals surface area (Å²) in [5, 5.41) is 17.9. The third-order valence-corrected chi connectivity index (χ3v) is 2.93. The van der Waals surface area contributed by atoms with Crippen molar-refractivity contribution >= 4 is 11.4 Å². The second-order valence-corrected chi connectivity index (χ2v) is 5.45. The van der Waals surface area contributed by atoms with Crippen LogP contribution in [0.3, 0.4) is 0 Å². The Kier molecular flexibility index (Phi) is 4.72. The molecule has 7 heteroatoms. The Hall–Kier alpha value is -2.18. The largest absolute Gasteiger partial charge is 0.381 e. The highest BCUT2D eigenvalue weighted by molar-refractivity contribution is 5.69. The molecule has 21 heavy (non-hydrogen) atoms. The molecule has 0 amide bonds. The summed E-state index contributed by atoms with van der Waals surface area (Å²) >= 11 is 0. The average Bonchev–Trinajstić information content (AvgIpc) is 2.86. The van der Waals surface area contributed by atoms with Crippen LogP contribution < -0.4 is 10.6 Å². The molecular formula is C14H21FN6. The molecule has 2 aromatic rings. The van der Waals surface area contributed by atoms with Gasteiger partial charge >= 0.3 is 0 Å². The average molecular weight is 292 g/mol. The lowest BCUT2D eigenvalue weighted by atomic mass is 10.2. The third kappa shape index (κ3) is 3.68. The number of para-hydroxylation sites is 1. The second-order valence-electron chi connectivity index (χ2n) is 5.45. The van der Waals surface area contributed by atoms with E-state index in [0.717, 1.165) is 5.69 Å². The highest BCUT2D eigenvalue weighted by Crippen LogP contribution is 2.26. The molecule has 0 aliphatic rings. The fourth-order valence-electron chi connectivity index (χ4n) is 2.03. The van der Waals surface area contributed by atoms with Crippen LogP contribution in [-0.2, 0) is 6.54 Å². The van der Waals surface area contributed by atoms with Crippen molar-refractivity contribution in [1.29, 1.82) is 0 Å². The van der Waals surface area contributed by atoms with Gasteiger partial charge in [-0.3, -0.25) is 0 Å². The molecule has 1 heterocycles. The lowest BCUT2D eigenvalue weighted by Crippen LogP contribution is -2.15. The highest BCUT2D eigenvalue weighted by atomic mass is 19.1. The molecule has 0 fully saturated rings. The van der Waals surface area contributed by atoms with E-state index < -0.39 is 0 Å². The van der Waals surface area contributed by atoms with Crippen LogP contribution in [0.1, 0.15) is 39.6 Å². The van der Waals surface area contributed by atoms with Crippen LogP contribution in [0.5, 0.6) is 0 Å². The fraction of sp³-hybridized carbons (Fsp3) is 0.500. The van der Waals surface area contributed by atoms with Crippen molar-refractivity contribution in [3.63, 3.8) is 0 Å². The third-order valence-electron chi connectivity index (χ3n) is 2.93. The Bertz CT molecular complexity index is 593. The van der Waals surface area contributed by atoms with Gasteiger partial charge in [-0.2, -0.15) is 0 Å². The van der Waals surface area contributed by atoms with E-state index in [1.807, 2.05) is 33.8 Å². The number of hydrogen-bond donors (Lipinski definition) is 2. The molecule has 2 N–H and O–H groups in total. The van der Waals surface area contributed by atoms with Crippen molar-refractivity contribution in [2.24, 2.45) is 0 Å². The quantitative estimate of drug-likeness (QED) is 0.857. The van der Waals surface area contributed by atoms with Gasteiger partial charge in [0.25, 0.3) is 0 Å². The number of benzene rings is 1. The minimum Gasteiger partial charge on any atom is -0.381 e. The number of halogens is 1. The molecular weight excluding hydrogens is 271 g/mol. The molecule has 0 unspecified atom stereocenters. The van der Waals surface area contributed by atoms with Crippen molar-refractivity contribution in [2.75, 3.05) is 10.6 Å². The zero-order chi connectivity index (χ0) is 15.4. The minimum atomic E-state index is -0.302. The summed E-state index contributed by atoms with van der Waals surface area (Å²) in [6.07, 6.45) is 0. The van der Waals surface area contributed by atoms with Gasteiger partial charge < -0.3 is 10.6 Å². The maximum atomic E-state index is 14.0. The van der Waals surface area contributed by atoms with Gasteiger partial charge in [0.15, 0.2) is 5.82 Å². The first kappa shape index (κ1) is 15.2. The number of aromatic nitrogens is 4. The molecule has 0 spiro atoms. The van der Waals surface area contributed by atoms with Crippen molar-refractivity contribution in [1.82, 2.24) is 20.2 Å². The number of hydrogen-bond acceptors (Lipinski definition) is 5. The number of nitrogens with one attached hydrogen (secondary N) is 2. The molecule has 0 aliphatic heterocycles. The Balaban J connectivity index is 2.17. The predicted octanol–water partition coefficient (Wildman–Crippen LogP) is 2.83. The van der Waals surface area contributed by atoms with Gasteiger partial charge in [0.1, 0.15) is 5.82 Å². The van der Waals surface area contributed by atoms with Crippen molar-refractivity contribution < 1.29 is 4.39 Å². The molecule has 114 valence electrons. The number of anilines is 2. The molecule has 0 saturated carbocycles. The van der Waals surface area contributed by atoms with E-state index in [0.29, 0.717) is 18.1 Å². The van der Waals surface area contributed by atoms with Crippen LogP contribution >= 0.6 is 0 Å². The molecule has 0 radical (unpaired) electrons. The summed E-state index contributed by atoms with van der Waals surface area (Å²) in [7, 11) is 0. The van der Waals surface area contributed by atoms with Gasteiger partial charge in [0, 0.05) is 6.04 Å². The lowest BCUT2D eigenvalue weighted by Gasteiger charge is -2.17. The smallest absolute Gasteiger partial charge is 0.170 e. The molecule has 1 aromatic carbocycles. The highest BCUT2D eigenvalue weighted by Gasteiger charge is 2.12. The SMILES string of the molecule is CC(C)Nc1cccc(F)c1NCc1nnnn1C(C)C. The molecule has 0 atom stereocenters. The summed E-state index contributed by atoms with van der Waals surface area (Å²) in [5.41, 5.74) is 1.16. The van der Waals surface area contributed by atoms with E-state index in [9.17, 15) is 4.39 Å². The van der Waals surface area contributed by atoms with Crippen LogP contribution in [0.25, 0.3) is 0 Å². The summed E-state index contributed by atoms with van der Waals surface area (Å²) in [6, 6.07) is 5.33. The van der Waals surface area contributed by atoms with Crippen LogP contribution in [0, 0.1) is 5.82 Å². The van der Waals surface area contributed by atoms with Crippen molar-refractivity contribution in [3.05, 3.63) is 29.8 Å². The topological polar surface area (TPSA) is 67.7 Å². The fourth-order valence-corrected chi connectivity index (χ4v) is 2.03. The number of tetrazole rings is 1. The summed E-state index contributed by atoms with van der Waals surface area (Å²) in [6.45, 7) is 8.37. The minimum absolute atomic E-state index is 0.158. The Labute approximate surface area is 123 Å². The van der Waals surface area contributed by atoms with Gasteiger partial charge in [-0.1, -0.05) is 6.07 Å². The van der Waals surface area contributed by atoms with Gasteiger partial charge in [-0.15, -0.1) is 5.10 Å². The molecule has 0 bridgehead atoms. The van der Waals surface area contributed by atoms with Crippen LogP contribution in [0.15, 0.2) is 18.2 Å². The Morgan fingerprint density at radius 2 is 2.00 bits per heavy atom. The van der Waals surface area contributed by atoms with E-state index >= 15 is 0 Å². The van der Waals surface area contributed by atoms with Gasteiger partial charge in [0.2, 0.25) is 0 Å². The van der Waals surface area contributed by atoms with Crippen LogP contribution in [0.4, 0.5) is 15.8 Å². The van der Waals surface area contributed by atoms with Crippen molar-refractivity contribution in [2.45, 2.75) is 46.3 Å². The summed E-state index contributed by atoms with van der Waals surface area (Å²) in [5.74, 6) is 0.368. The van der Waals surface area contributed by atoms with Crippen LogP contribution in [0.2, 0.25) is 0 Å². The Morgan fingerprint density at radius 3 is 2.67 bits per heavy atom. The van der Waals surface area contributed by atoms with E-state index in [1.165, 1.54) is 6.07 Å². The number of rotatable bonds is 6. The maximum Gasteiger partial charge on any atom is 0.170 e. The lowest BCUT2D eigenvalue weighted by molar-refractivity contribution is 0.496. The van der Waals surface area contributed by atoms with Gasteiger partial charge in [0.05, 0.1) is 24.0 Å². The molecule has 6 nitrogen and oxygen atoms in total. The monoisotopic (exact) mass is 292 g/mol. The summed E-state index contributed by atoms with van der Waals surface area (Å²) in [4.78, 5) is 0. The van der Waals surface area contributed by atoms with E-state index in [-0.39, 0.29) is 17.9 Å². The van der Waals surface area contributed by atoms with Crippen LogP contribution in [-0.4, -0.2) is 26.2 Å². The predicted molar refractivity (Wildman–Crippen MR) is 80.7 cm³/mol. The zero-order valence-corrected chi connectivity index (χ0v) is 12.8. The zero-order valence-electron chi connectivity index (χ0n) is 12.8. The second kappa shape index (κ2) is 6.51. The van der Waals surface area contributed by atoms with Gasteiger partial charge in [-0.25, -0.2) is 9.07 Å². The van der Waals surface area contributed by atoms with E-state index in [4.69, 9.17) is 0 Å². The molecule has 0 aliphatic carbocycles. The Morgan fingerprint density at radius 1 is 1.24 bits per heavy atom. The molecule has 2 rings (SSSR count). The summed E-state index contributed by atoms with van der Waals surface area (Å²) < 4.78 is 15.7. The van der Waals surface area contributed by atoms with E-state index in [1.54, 1.807) is 10.7 Å². The van der Waals surface area contributed by atoms with Gasteiger partial charge in [-0.05, 0) is 50.3 Å². The first-order chi connectivity index (χ1) is 9.99. The number of nitrogens with zero attached hydrogens (tertiary/aromatic N) is 4. The standard InChI is InChI=1S/C14H21FN6/c1-9(2)17-12-7-5-6-11(15)14(12)16-8-13-18-19-20-21(13)10(3)4/h5-7,9-10,16-17H,8H2,1-4H3. The van der Waals surface area contributed by atoms with Crippen molar-refractivity contribution in [3.8, 4) is 0 Å². The maximum absolute atomic E-state index is 14.0. The molecule has 0 saturated heterocycles. The first-order valence-corrected chi connectivity index (χ1v) is 7.04. The normalized spacial score (nSPS) is 11.2.